The molecule has 2 N–H and O–H groups in total. The maximum absolute atomic E-state index is 6.10. The van der Waals surface area contributed by atoms with E-state index in [-0.39, 0.29) is 11.5 Å². The number of hydrogen-bond donors (Lipinski definition) is 1. The van der Waals surface area contributed by atoms with Crippen LogP contribution in [-0.4, -0.2) is 0 Å². The second kappa shape index (κ2) is 4.09. The number of benzene rings is 1. The molecule has 0 radical (unpaired) electrons. The smallest absolute Gasteiger partial charge is 0.0468 e. The highest BCUT2D eigenvalue weighted by Gasteiger charge is 2.23. The number of rotatable bonds is 1. The Kier molecular flexibility index (Phi) is 3.46. The third-order valence-electron chi connectivity index (χ3n) is 2.23. The summed E-state index contributed by atoms with van der Waals surface area (Å²) in [7, 11) is 0. The van der Waals surface area contributed by atoms with E-state index in [1.807, 2.05) is 12.1 Å². The summed E-state index contributed by atoms with van der Waals surface area (Å²) in [6.07, 6.45) is 0. The summed E-state index contributed by atoms with van der Waals surface area (Å²) >= 11 is 11.9. The summed E-state index contributed by atoms with van der Waals surface area (Å²) in [5.41, 5.74) is 7.04. The van der Waals surface area contributed by atoms with Crippen molar-refractivity contribution in [1.29, 1.82) is 0 Å². The minimum atomic E-state index is -0.0766. The quantitative estimate of drug-likeness (QED) is 0.776. The molecule has 78 valence electrons. The fraction of sp³-hybridized carbons (Fsp3) is 0.455. The Morgan fingerprint density at radius 3 is 2.21 bits per heavy atom. The second-order valence-corrected chi connectivity index (χ2v) is 5.35. The Morgan fingerprint density at radius 1 is 1.21 bits per heavy atom. The molecule has 0 unspecified atom stereocenters. The third kappa shape index (κ3) is 2.63. The average Bonchev–Trinajstić information content (AvgIpc) is 2.01. The first-order valence-electron chi connectivity index (χ1n) is 4.53. The molecule has 0 aromatic heterocycles. The van der Waals surface area contributed by atoms with Crippen molar-refractivity contribution in [1.82, 2.24) is 0 Å². The molecular weight excluding hydrogens is 217 g/mol. The second-order valence-electron chi connectivity index (χ2n) is 4.51. The van der Waals surface area contributed by atoms with E-state index in [9.17, 15) is 0 Å². The molecule has 0 aliphatic carbocycles. The van der Waals surface area contributed by atoms with Crippen LogP contribution in [0.25, 0.3) is 0 Å². The van der Waals surface area contributed by atoms with Gasteiger partial charge in [0.25, 0.3) is 0 Å². The van der Waals surface area contributed by atoms with Crippen molar-refractivity contribution >= 4 is 23.2 Å². The molecule has 0 bridgehead atoms. The van der Waals surface area contributed by atoms with Crippen molar-refractivity contribution in [2.45, 2.75) is 26.8 Å². The lowest BCUT2D eigenvalue weighted by Gasteiger charge is -2.28. The van der Waals surface area contributed by atoms with Crippen LogP contribution in [0.5, 0.6) is 0 Å². The summed E-state index contributed by atoms with van der Waals surface area (Å²) in [6.45, 7) is 6.26. The highest BCUT2D eigenvalue weighted by atomic mass is 35.5. The van der Waals surface area contributed by atoms with Crippen LogP contribution < -0.4 is 5.73 Å². The molecular formula is C11H15Cl2N. The van der Waals surface area contributed by atoms with Gasteiger partial charge in [0.05, 0.1) is 0 Å². The van der Waals surface area contributed by atoms with Gasteiger partial charge >= 0.3 is 0 Å². The fourth-order valence-electron chi connectivity index (χ4n) is 1.22. The van der Waals surface area contributed by atoms with Crippen molar-refractivity contribution in [2.75, 3.05) is 0 Å². The molecule has 0 saturated heterocycles. The molecule has 0 heterocycles. The molecule has 0 amide bonds. The van der Waals surface area contributed by atoms with E-state index < -0.39 is 0 Å². The van der Waals surface area contributed by atoms with Crippen LogP contribution in [0.4, 0.5) is 0 Å². The number of nitrogens with two attached hydrogens (primary N) is 1. The molecule has 1 rings (SSSR count). The van der Waals surface area contributed by atoms with Gasteiger partial charge in [-0.2, -0.15) is 0 Å². The van der Waals surface area contributed by atoms with Crippen LogP contribution in [0.15, 0.2) is 18.2 Å². The molecule has 0 aliphatic rings. The van der Waals surface area contributed by atoms with Gasteiger partial charge < -0.3 is 5.73 Å². The molecule has 1 aromatic carbocycles. The van der Waals surface area contributed by atoms with Crippen LogP contribution in [0.3, 0.4) is 0 Å². The molecule has 1 nitrogen and oxygen atoms in total. The lowest BCUT2D eigenvalue weighted by molar-refractivity contribution is 0.327. The number of hydrogen-bond acceptors (Lipinski definition) is 1. The standard InChI is InChI=1S/C11H15Cl2N/c1-11(2,3)10(14)8-5-4-7(12)6-9(8)13/h4-6,10H,14H2,1-3H3/t10-/m0/s1. The van der Waals surface area contributed by atoms with Crippen molar-refractivity contribution in [3.05, 3.63) is 33.8 Å². The lowest BCUT2D eigenvalue weighted by Crippen LogP contribution is -2.26. The van der Waals surface area contributed by atoms with Gasteiger partial charge in [0, 0.05) is 16.1 Å². The van der Waals surface area contributed by atoms with Gasteiger partial charge in [-0.25, -0.2) is 0 Å². The predicted octanol–water partition coefficient (Wildman–Crippen LogP) is 4.04. The van der Waals surface area contributed by atoms with E-state index in [0.717, 1.165) is 5.56 Å². The normalized spacial score (nSPS) is 14.1. The maximum Gasteiger partial charge on any atom is 0.0468 e. The van der Waals surface area contributed by atoms with Crippen molar-refractivity contribution in [2.24, 2.45) is 11.1 Å². The first kappa shape index (κ1) is 11.8. The molecule has 1 atom stereocenters. The Labute approximate surface area is 95.2 Å². The van der Waals surface area contributed by atoms with Gasteiger partial charge in [-0.1, -0.05) is 50.0 Å². The summed E-state index contributed by atoms with van der Waals surface area (Å²) < 4.78 is 0. The van der Waals surface area contributed by atoms with Gasteiger partial charge in [-0.15, -0.1) is 0 Å². The third-order valence-corrected chi connectivity index (χ3v) is 2.79. The number of halogens is 2. The largest absolute Gasteiger partial charge is 0.323 e. The lowest BCUT2D eigenvalue weighted by atomic mass is 9.83. The molecule has 14 heavy (non-hydrogen) atoms. The van der Waals surface area contributed by atoms with Crippen molar-refractivity contribution in [3.8, 4) is 0 Å². The monoisotopic (exact) mass is 231 g/mol. The van der Waals surface area contributed by atoms with Crippen LogP contribution >= 0.6 is 23.2 Å². The highest BCUT2D eigenvalue weighted by Crippen LogP contribution is 2.35. The SMILES string of the molecule is CC(C)(C)[C@@H](N)c1ccc(Cl)cc1Cl. The Bertz CT molecular complexity index is 329. The van der Waals surface area contributed by atoms with Crippen LogP contribution in [0.2, 0.25) is 10.0 Å². The van der Waals surface area contributed by atoms with Gasteiger partial charge in [-0.3, -0.25) is 0 Å². The summed E-state index contributed by atoms with van der Waals surface area (Å²) in [4.78, 5) is 0. The Morgan fingerprint density at radius 2 is 1.79 bits per heavy atom. The Balaban J connectivity index is 3.08. The molecule has 0 spiro atoms. The Hall–Kier alpha value is -0.240. The van der Waals surface area contributed by atoms with Crippen LogP contribution in [0.1, 0.15) is 32.4 Å². The predicted molar refractivity (Wildman–Crippen MR) is 62.8 cm³/mol. The van der Waals surface area contributed by atoms with Crippen molar-refractivity contribution < 1.29 is 0 Å². The first-order chi connectivity index (χ1) is 6.32. The highest BCUT2D eigenvalue weighted by molar-refractivity contribution is 6.35. The molecule has 0 fully saturated rings. The zero-order chi connectivity index (χ0) is 10.9. The topological polar surface area (TPSA) is 26.0 Å². The molecule has 0 saturated carbocycles. The van der Waals surface area contributed by atoms with E-state index in [2.05, 4.69) is 20.8 Å². The zero-order valence-electron chi connectivity index (χ0n) is 8.64. The first-order valence-corrected chi connectivity index (χ1v) is 5.28. The van der Waals surface area contributed by atoms with Gasteiger partial charge in [-0.05, 0) is 23.1 Å². The van der Waals surface area contributed by atoms with E-state index in [4.69, 9.17) is 28.9 Å². The van der Waals surface area contributed by atoms with Crippen LogP contribution in [-0.2, 0) is 0 Å². The van der Waals surface area contributed by atoms with Gasteiger partial charge in [0.2, 0.25) is 0 Å². The van der Waals surface area contributed by atoms with Crippen molar-refractivity contribution in [3.63, 3.8) is 0 Å². The minimum Gasteiger partial charge on any atom is -0.323 e. The van der Waals surface area contributed by atoms with Gasteiger partial charge in [0.1, 0.15) is 0 Å². The van der Waals surface area contributed by atoms with E-state index >= 15 is 0 Å². The van der Waals surface area contributed by atoms with E-state index in [1.165, 1.54) is 0 Å². The van der Waals surface area contributed by atoms with E-state index in [1.54, 1.807) is 6.07 Å². The maximum atomic E-state index is 6.10. The molecule has 3 heteroatoms. The van der Waals surface area contributed by atoms with E-state index in [0.29, 0.717) is 10.0 Å². The summed E-state index contributed by atoms with van der Waals surface area (Å²) in [6, 6.07) is 5.35. The zero-order valence-corrected chi connectivity index (χ0v) is 10.2. The average molecular weight is 232 g/mol. The molecule has 1 aromatic rings. The van der Waals surface area contributed by atoms with Crippen LogP contribution in [0, 0.1) is 5.41 Å². The summed E-state index contributed by atoms with van der Waals surface area (Å²) in [5.74, 6) is 0. The summed E-state index contributed by atoms with van der Waals surface area (Å²) in [5, 5.41) is 1.28. The fourth-order valence-corrected chi connectivity index (χ4v) is 1.75. The van der Waals surface area contributed by atoms with Gasteiger partial charge in [0.15, 0.2) is 0 Å². The molecule has 0 aliphatic heterocycles. The minimum absolute atomic E-state index is 0.00251.